The Morgan fingerprint density at radius 1 is 1.10 bits per heavy atom. The summed E-state index contributed by atoms with van der Waals surface area (Å²) in [6.45, 7) is 9.25. The number of benzene rings is 2. The van der Waals surface area contributed by atoms with E-state index < -0.39 is 0 Å². The van der Waals surface area contributed by atoms with Crippen LogP contribution in [0, 0.1) is 5.92 Å². The third-order valence-corrected chi connectivity index (χ3v) is 3.31. The van der Waals surface area contributed by atoms with Crippen molar-refractivity contribution in [2.45, 2.75) is 33.7 Å². The predicted octanol–water partition coefficient (Wildman–Crippen LogP) is 4.37. The topological polar surface area (TPSA) is 21.3 Å². The number of rotatable bonds is 7. The van der Waals surface area contributed by atoms with Gasteiger partial charge in [0, 0.05) is 12.1 Å². The average Bonchev–Trinajstić information content (AvgIpc) is 2.45. The number of hydrogen-bond acceptors (Lipinski definition) is 2. The Balaban J connectivity index is 2.29. The van der Waals surface area contributed by atoms with E-state index in [0.717, 1.165) is 31.9 Å². The van der Waals surface area contributed by atoms with Gasteiger partial charge in [0.1, 0.15) is 5.75 Å². The van der Waals surface area contributed by atoms with Crippen LogP contribution < -0.4 is 10.1 Å². The lowest BCUT2D eigenvalue weighted by Crippen LogP contribution is -2.19. The average molecular weight is 271 g/mol. The molecule has 0 amide bonds. The van der Waals surface area contributed by atoms with Crippen molar-refractivity contribution in [2.75, 3.05) is 13.2 Å². The summed E-state index contributed by atoms with van der Waals surface area (Å²) < 4.78 is 5.91. The van der Waals surface area contributed by atoms with E-state index in [-0.39, 0.29) is 0 Å². The Bertz CT molecular complexity index is 548. The van der Waals surface area contributed by atoms with E-state index in [4.69, 9.17) is 4.74 Å². The molecule has 0 atom stereocenters. The maximum atomic E-state index is 5.91. The Kier molecular flexibility index (Phi) is 5.42. The number of fused-ring (bicyclic) bond motifs is 1. The number of hydrogen-bond donors (Lipinski definition) is 1. The van der Waals surface area contributed by atoms with Crippen molar-refractivity contribution in [1.29, 1.82) is 0 Å². The minimum absolute atomic E-state index is 0.657. The van der Waals surface area contributed by atoms with Crippen LogP contribution in [0.25, 0.3) is 10.8 Å². The van der Waals surface area contributed by atoms with Crippen molar-refractivity contribution in [3.05, 3.63) is 42.0 Å². The zero-order valence-corrected chi connectivity index (χ0v) is 12.8. The first-order chi connectivity index (χ1) is 9.72. The summed E-state index contributed by atoms with van der Waals surface area (Å²) >= 11 is 0. The molecule has 0 fully saturated rings. The zero-order valence-electron chi connectivity index (χ0n) is 12.8. The molecule has 20 heavy (non-hydrogen) atoms. The van der Waals surface area contributed by atoms with Gasteiger partial charge in [-0.05, 0) is 35.7 Å². The highest BCUT2D eigenvalue weighted by atomic mass is 16.5. The lowest BCUT2D eigenvalue weighted by Gasteiger charge is -2.15. The van der Waals surface area contributed by atoms with Crippen LogP contribution in [0.15, 0.2) is 36.4 Å². The highest BCUT2D eigenvalue weighted by Crippen LogP contribution is 2.28. The summed E-state index contributed by atoms with van der Waals surface area (Å²) in [5.74, 6) is 1.67. The third-order valence-electron chi connectivity index (χ3n) is 3.31. The highest BCUT2D eigenvalue weighted by Gasteiger charge is 2.08. The van der Waals surface area contributed by atoms with E-state index in [1.165, 1.54) is 16.3 Å². The van der Waals surface area contributed by atoms with E-state index in [1.54, 1.807) is 0 Å². The summed E-state index contributed by atoms with van der Waals surface area (Å²) in [6.07, 6.45) is 1.03. The van der Waals surface area contributed by atoms with Crippen LogP contribution in [0.4, 0.5) is 0 Å². The molecule has 0 aliphatic carbocycles. The molecular weight excluding hydrogens is 246 g/mol. The van der Waals surface area contributed by atoms with Gasteiger partial charge in [0.05, 0.1) is 6.61 Å². The quantitative estimate of drug-likeness (QED) is 0.807. The van der Waals surface area contributed by atoms with Crippen molar-refractivity contribution in [2.24, 2.45) is 5.92 Å². The Labute approximate surface area is 122 Å². The van der Waals surface area contributed by atoms with Crippen LogP contribution in [0.1, 0.15) is 32.8 Å². The fraction of sp³-hybridized carbons (Fsp3) is 0.444. The molecule has 0 heterocycles. The molecular formula is C18H25NO. The Morgan fingerprint density at radius 3 is 2.65 bits per heavy atom. The molecule has 0 aromatic heterocycles. The summed E-state index contributed by atoms with van der Waals surface area (Å²) in [7, 11) is 0. The van der Waals surface area contributed by atoms with E-state index >= 15 is 0 Å². The van der Waals surface area contributed by atoms with Crippen LogP contribution in [-0.2, 0) is 6.54 Å². The van der Waals surface area contributed by atoms with Crippen LogP contribution in [0.3, 0.4) is 0 Å². The van der Waals surface area contributed by atoms with Crippen LogP contribution >= 0.6 is 0 Å². The van der Waals surface area contributed by atoms with Crippen LogP contribution in [0.2, 0.25) is 0 Å². The third kappa shape index (κ3) is 3.73. The van der Waals surface area contributed by atoms with Crippen molar-refractivity contribution in [1.82, 2.24) is 5.32 Å². The molecule has 2 rings (SSSR count). The molecule has 0 saturated heterocycles. The molecule has 0 bridgehead atoms. The zero-order chi connectivity index (χ0) is 14.4. The van der Waals surface area contributed by atoms with Gasteiger partial charge in [0.2, 0.25) is 0 Å². The highest BCUT2D eigenvalue weighted by molar-refractivity contribution is 5.87. The molecule has 2 heteroatoms. The second-order valence-electron chi connectivity index (χ2n) is 5.64. The van der Waals surface area contributed by atoms with Gasteiger partial charge in [-0.1, -0.05) is 51.1 Å². The molecule has 2 aromatic rings. The SMILES string of the molecule is CCCOc1ccc2ccccc2c1CNCC(C)C. The minimum Gasteiger partial charge on any atom is -0.493 e. The van der Waals surface area contributed by atoms with Crippen molar-refractivity contribution in [3.63, 3.8) is 0 Å². The van der Waals surface area contributed by atoms with Crippen molar-refractivity contribution >= 4 is 10.8 Å². The first kappa shape index (κ1) is 14.9. The first-order valence-corrected chi connectivity index (χ1v) is 7.56. The molecule has 1 N–H and O–H groups in total. The van der Waals surface area contributed by atoms with Gasteiger partial charge in [-0.15, -0.1) is 0 Å². The maximum absolute atomic E-state index is 5.91. The minimum atomic E-state index is 0.657. The molecule has 2 aromatic carbocycles. The molecule has 0 aliphatic rings. The van der Waals surface area contributed by atoms with Crippen LogP contribution in [0.5, 0.6) is 5.75 Å². The van der Waals surface area contributed by atoms with E-state index in [0.29, 0.717) is 5.92 Å². The summed E-state index contributed by atoms with van der Waals surface area (Å²) in [5.41, 5.74) is 1.28. The van der Waals surface area contributed by atoms with Gasteiger partial charge in [-0.2, -0.15) is 0 Å². The van der Waals surface area contributed by atoms with Crippen LogP contribution in [-0.4, -0.2) is 13.2 Å². The fourth-order valence-corrected chi connectivity index (χ4v) is 2.33. The smallest absolute Gasteiger partial charge is 0.124 e. The largest absolute Gasteiger partial charge is 0.493 e. The van der Waals surface area contributed by atoms with Gasteiger partial charge in [-0.3, -0.25) is 0 Å². The van der Waals surface area contributed by atoms with Crippen molar-refractivity contribution < 1.29 is 4.74 Å². The molecule has 0 radical (unpaired) electrons. The Hall–Kier alpha value is -1.54. The van der Waals surface area contributed by atoms with Crippen molar-refractivity contribution in [3.8, 4) is 5.75 Å². The van der Waals surface area contributed by atoms with E-state index in [1.807, 2.05) is 0 Å². The lowest BCUT2D eigenvalue weighted by atomic mass is 10.0. The Morgan fingerprint density at radius 2 is 1.90 bits per heavy atom. The molecule has 0 aliphatic heterocycles. The molecule has 108 valence electrons. The van der Waals surface area contributed by atoms with Gasteiger partial charge in [0.25, 0.3) is 0 Å². The number of nitrogens with one attached hydrogen (secondary N) is 1. The van der Waals surface area contributed by atoms with Gasteiger partial charge < -0.3 is 10.1 Å². The fourth-order valence-electron chi connectivity index (χ4n) is 2.33. The van der Waals surface area contributed by atoms with Gasteiger partial charge >= 0.3 is 0 Å². The normalized spacial score (nSPS) is 11.2. The number of ether oxygens (including phenoxy) is 1. The molecule has 0 saturated carbocycles. The second kappa shape index (κ2) is 7.30. The van der Waals surface area contributed by atoms with E-state index in [9.17, 15) is 0 Å². The molecule has 2 nitrogen and oxygen atoms in total. The van der Waals surface area contributed by atoms with Gasteiger partial charge in [-0.25, -0.2) is 0 Å². The lowest BCUT2D eigenvalue weighted by molar-refractivity contribution is 0.313. The second-order valence-corrected chi connectivity index (χ2v) is 5.64. The first-order valence-electron chi connectivity index (χ1n) is 7.56. The summed E-state index contributed by atoms with van der Waals surface area (Å²) in [5, 5.41) is 6.09. The summed E-state index contributed by atoms with van der Waals surface area (Å²) in [6, 6.07) is 12.8. The monoisotopic (exact) mass is 271 g/mol. The predicted molar refractivity (Wildman–Crippen MR) is 86.3 cm³/mol. The van der Waals surface area contributed by atoms with E-state index in [2.05, 4.69) is 62.5 Å². The standard InChI is InChI=1S/C18H25NO/c1-4-11-20-18-10-9-15-7-5-6-8-16(15)17(18)13-19-12-14(2)3/h5-10,14,19H,4,11-13H2,1-3H3. The summed E-state index contributed by atoms with van der Waals surface area (Å²) in [4.78, 5) is 0. The molecule has 0 spiro atoms. The molecule has 0 unspecified atom stereocenters. The van der Waals surface area contributed by atoms with Gasteiger partial charge in [0.15, 0.2) is 0 Å². The maximum Gasteiger partial charge on any atom is 0.124 e.